The van der Waals surface area contributed by atoms with Gasteiger partial charge in [-0.1, -0.05) is 6.92 Å². The van der Waals surface area contributed by atoms with E-state index >= 15 is 0 Å². The molecule has 0 aliphatic heterocycles. The molecule has 0 amide bonds. The van der Waals surface area contributed by atoms with Crippen molar-refractivity contribution in [3.8, 4) is 0 Å². The standard InChI is InChI=1S/C9H8F3/c1-3-6-5(2)9(12)8(11)4-7(6)10/h4H,2-3H2,1H3. The lowest BCUT2D eigenvalue weighted by atomic mass is 10.1. The molecule has 0 nitrogen and oxygen atoms in total. The molecule has 65 valence electrons. The van der Waals surface area contributed by atoms with E-state index in [9.17, 15) is 13.2 Å². The molecule has 0 atom stereocenters. The number of benzene rings is 1. The Morgan fingerprint density at radius 3 is 2.33 bits per heavy atom. The molecule has 12 heavy (non-hydrogen) atoms. The van der Waals surface area contributed by atoms with Gasteiger partial charge in [0.15, 0.2) is 11.6 Å². The predicted molar refractivity (Wildman–Crippen MR) is 40.2 cm³/mol. The fourth-order valence-corrected chi connectivity index (χ4v) is 1.06. The van der Waals surface area contributed by atoms with Crippen LogP contribution in [0.25, 0.3) is 0 Å². The van der Waals surface area contributed by atoms with E-state index in [0.29, 0.717) is 12.5 Å². The van der Waals surface area contributed by atoms with Crippen LogP contribution < -0.4 is 0 Å². The minimum absolute atomic E-state index is 0.133. The number of rotatable bonds is 1. The molecule has 1 aromatic carbocycles. The van der Waals surface area contributed by atoms with Gasteiger partial charge >= 0.3 is 0 Å². The van der Waals surface area contributed by atoms with E-state index in [1.807, 2.05) is 0 Å². The van der Waals surface area contributed by atoms with E-state index in [1.165, 1.54) is 0 Å². The summed E-state index contributed by atoms with van der Waals surface area (Å²) < 4.78 is 38.1. The van der Waals surface area contributed by atoms with E-state index in [2.05, 4.69) is 6.92 Å². The predicted octanol–water partition coefficient (Wildman–Crippen LogP) is 2.85. The van der Waals surface area contributed by atoms with Crippen molar-refractivity contribution in [2.24, 2.45) is 0 Å². The molecule has 0 aromatic heterocycles. The monoisotopic (exact) mass is 173 g/mol. The zero-order chi connectivity index (χ0) is 9.30. The molecule has 0 spiro atoms. The maximum atomic E-state index is 12.8. The molecule has 0 aliphatic rings. The SMILES string of the molecule is [CH2]c1c(F)c(F)cc(F)c1CC. The Morgan fingerprint density at radius 1 is 1.25 bits per heavy atom. The van der Waals surface area contributed by atoms with Crippen LogP contribution in [0.5, 0.6) is 0 Å². The topological polar surface area (TPSA) is 0 Å². The summed E-state index contributed by atoms with van der Waals surface area (Å²) in [6.07, 6.45) is 0.307. The van der Waals surface area contributed by atoms with Gasteiger partial charge < -0.3 is 0 Å². The molecule has 0 unspecified atom stereocenters. The highest BCUT2D eigenvalue weighted by molar-refractivity contribution is 5.33. The molecule has 0 N–H and O–H groups in total. The second kappa shape index (κ2) is 3.17. The van der Waals surface area contributed by atoms with E-state index in [0.717, 1.165) is 0 Å². The Kier molecular flexibility index (Phi) is 2.40. The Hall–Kier alpha value is -0.990. The lowest BCUT2D eigenvalue weighted by Gasteiger charge is -2.05. The third-order valence-corrected chi connectivity index (χ3v) is 1.73. The van der Waals surface area contributed by atoms with Gasteiger partial charge in [0, 0.05) is 6.07 Å². The normalized spacial score (nSPS) is 10.4. The molecular formula is C9H8F3. The molecule has 1 aromatic rings. The second-order valence-electron chi connectivity index (χ2n) is 2.46. The summed E-state index contributed by atoms with van der Waals surface area (Å²) in [6.45, 7) is 4.91. The van der Waals surface area contributed by atoms with Crippen molar-refractivity contribution in [1.82, 2.24) is 0 Å². The van der Waals surface area contributed by atoms with Gasteiger partial charge in [-0.15, -0.1) is 0 Å². The maximum absolute atomic E-state index is 12.8. The van der Waals surface area contributed by atoms with Crippen molar-refractivity contribution in [3.63, 3.8) is 0 Å². The quantitative estimate of drug-likeness (QED) is 0.573. The summed E-state index contributed by atoms with van der Waals surface area (Å²) in [5, 5.41) is 0. The van der Waals surface area contributed by atoms with Crippen molar-refractivity contribution in [2.75, 3.05) is 0 Å². The maximum Gasteiger partial charge on any atom is 0.162 e. The van der Waals surface area contributed by atoms with E-state index in [-0.39, 0.29) is 11.1 Å². The van der Waals surface area contributed by atoms with Crippen molar-refractivity contribution in [1.29, 1.82) is 0 Å². The lowest BCUT2D eigenvalue weighted by molar-refractivity contribution is 0.487. The van der Waals surface area contributed by atoms with Crippen molar-refractivity contribution in [3.05, 3.63) is 41.6 Å². The van der Waals surface area contributed by atoms with Gasteiger partial charge in [-0.2, -0.15) is 0 Å². The van der Waals surface area contributed by atoms with Crippen LogP contribution in [0.1, 0.15) is 18.1 Å². The molecular weight excluding hydrogens is 165 g/mol. The number of halogens is 3. The first-order valence-electron chi connectivity index (χ1n) is 3.56. The Labute approximate surface area is 69.0 Å². The van der Waals surface area contributed by atoms with Gasteiger partial charge in [0.1, 0.15) is 5.82 Å². The van der Waals surface area contributed by atoms with Crippen LogP contribution in [0.4, 0.5) is 13.2 Å². The minimum atomic E-state index is -1.19. The summed E-state index contributed by atoms with van der Waals surface area (Å²) in [6, 6.07) is 0.544. The summed E-state index contributed by atoms with van der Waals surface area (Å²) in [5.41, 5.74) is -0.0519. The van der Waals surface area contributed by atoms with Crippen LogP contribution in [-0.2, 0) is 6.42 Å². The summed E-state index contributed by atoms with van der Waals surface area (Å²) in [4.78, 5) is 0. The lowest BCUT2D eigenvalue weighted by Crippen LogP contribution is -1.99. The molecule has 0 fully saturated rings. The molecule has 0 saturated heterocycles. The molecule has 3 heteroatoms. The molecule has 1 rings (SSSR count). The number of hydrogen-bond donors (Lipinski definition) is 0. The van der Waals surface area contributed by atoms with Gasteiger partial charge in [-0.25, -0.2) is 13.2 Å². The van der Waals surface area contributed by atoms with Gasteiger partial charge in [0.2, 0.25) is 0 Å². The number of hydrogen-bond acceptors (Lipinski definition) is 0. The zero-order valence-corrected chi connectivity index (χ0v) is 6.63. The Morgan fingerprint density at radius 2 is 1.83 bits per heavy atom. The third-order valence-electron chi connectivity index (χ3n) is 1.73. The Balaban J connectivity index is 3.40. The first-order valence-corrected chi connectivity index (χ1v) is 3.56. The summed E-state index contributed by atoms with van der Waals surface area (Å²) in [5.74, 6) is -2.98. The summed E-state index contributed by atoms with van der Waals surface area (Å²) in [7, 11) is 0. The second-order valence-corrected chi connectivity index (χ2v) is 2.46. The van der Waals surface area contributed by atoms with Gasteiger partial charge in [-0.05, 0) is 24.5 Å². The highest BCUT2D eigenvalue weighted by Crippen LogP contribution is 2.19. The van der Waals surface area contributed by atoms with Crippen LogP contribution in [0.15, 0.2) is 6.07 Å². The van der Waals surface area contributed by atoms with Crippen molar-refractivity contribution in [2.45, 2.75) is 13.3 Å². The van der Waals surface area contributed by atoms with Crippen molar-refractivity contribution < 1.29 is 13.2 Å². The van der Waals surface area contributed by atoms with Crippen molar-refractivity contribution >= 4 is 0 Å². The van der Waals surface area contributed by atoms with Gasteiger partial charge in [-0.3, -0.25) is 0 Å². The van der Waals surface area contributed by atoms with Crippen LogP contribution in [-0.4, -0.2) is 0 Å². The average molecular weight is 173 g/mol. The molecule has 0 bridgehead atoms. The molecule has 1 radical (unpaired) electrons. The zero-order valence-electron chi connectivity index (χ0n) is 6.63. The summed E-state index contributed by atoms with van der Waals surface area (Å²) >= 11 is 0. The van der Waals surface area contributed by atoms with E-state index < -0.39 is 17.5 Å². The third kappa shape index (κ3) is 1.31. The first kappa shape index (κ1) is 9.10. The average Bonchev–Trinajstić information content (AvgIpc) is 2.01. The van der Waals surface area contributed by atoms with Crippen LogP contribution in [0.2, 0.25) is 0 Å². The van der Waals surface area contributed by atoms with Gasteiger partial charge in [0.25, 0.3) is 0 Å². The van der Waals surface area contributed by atoms with Crippen LogP contribution in [0.3, 0.4) is 0 Å². The minimum Gasteiger partial charge on any atom is -0.207 e. The van der Waals surface area contributed by atoms with Crippen LogP contribution >= 0.6 is 0 Å². The molecule has 0 saturated carbocycles. The highest BCUT2D eigenvalue weighted by atomic mass is 19.2. The Bertz CT molecular complexity index is 305. The van der Waals surface area contributed by atoms with E-state index in [1.54, 1.807) is 6.92 Å². The highest BCUT2D eigenvalue weighted by Gasteiger charge is 2.13. The smallest absolute Gasteiger partial charge is 0.162 e. The van der Waals surface area contributed by atoms with Gasteiger partial charge in [0.05, 0.1) is 0 Å². The molecule has 0 heterocycles. The van der Waals surface area contributed by atoms with Crippen LogP contribution in [0, 0.1) is 24.4 Å². The fourth-order valence-electron chi connectivity index (χ4n) is 1.06. The largest absolute Gasteiger partial charge is 0.207 e. The fraction of sp³-hybridized carbons (Fsp3) is 0.222. The van der Waals surface area contributed by atoms with E-state index in [4.69, 9.17) is 0 Å². The first-order chi connectivity index (χ1) is 5.57. The molecule has 0 aliphatic carbocycles.